The van der Waals surface area contributed by atoms with Crippen LogP contribution in [0.1, 0.15) is 19.8 Å². The molecule has 12 nitrogen and oxygen atoms in total. The number of aliphatic carboxylic acids is 1. The normalized spacial score (nSPS) is 29.6. The molecule has 0 saturated carbocycles. The van der Waals surface area contributed by atoms with E-state index < -0.39 is 60.6 Å². The SMILES string of the molecule is C=CC(=O)NCCSCCCC1[C@H](O)[C@@H](NC(C)=O)[C@H]([C@H](O)[C@H](O)CO)O[C@]1(O)C(=O)O. The predicted molar refractivity (Wildman–Crippen MR) is 113 cm³/mol. The number of hydrogen-bond acceptors (Lipinski definition) is 10. The molecule has 32 heavy (non-hydrogen) atoms. The third kappa shape index (κ3) is 7.40. The summed E-state index contributed by atoms with van der Waals surface area (Å²) in [6.45, 7) is 3.97. The van der Waals surface area contributed by atoms with Crippen molar-refractivity contribution in [3.05, 3.63) is 12.7 Å². The molecule has 0 aromatic rings. The molecular weight excluding hydrogens is 448 g/mol. The Labute approximate surface area is 189 Å². The van der Waals surface area contributed by atoms with Crippen LogP contribution in [0.25, 0.3) is 0 Å². The first-order valence-corrected chi connectivity index (χ1v) is 11.2. The van der Waals surface area contributed by atoms with Crippen LogP contribution >= 0.6 is 11.8 Å². The molecular formula is C19H32N2O10S. The molecule has 1 saturated heterocycles. The smallest absolute Gasteiger partial charge is 0.364 e. The van der Waals surface area contributed by atoms with E-state index in [4.69, 9.17) is 9.84 Å². The van der Waals surface area contributed by atoms with Gasteiger partial charge in [-0.1, -0.05) is 6.58 Å². The zero-order chi connectivity index (χ0) is 24.5. The van der Waals surface area contributed by atoms with E-state index in [1.165, 1.54) is 11.8 Å². The molecule has 1 rings (SSSR count). The summed E-state index contributed by atoms with van der Waals surface area (Å²) in [5.41, 5.74) is 0. The number of aliphatic hydroxyl groups is 5. The van der Waals surface area contributed by atoms with Gasteiger partial charge in [0.05, 0.1) is 24.7 Å². The van der Waals surface area contributed by atoms with E-state index in [-0.39, 0.29) is 12.3 Å². The standard InChI is InChI=1S/C19H32N2O10S/c1-3-13(25)20-6-8-32-7-4-5-11-15(26)14(21-10(2)23)17(16(27)12(24)9-22)31-19(11,30)18(28)29/h3,11-12,14-17,22,24,26-27,30H,1,4-9H2,2H3,(H,20,25)(H,21,23)(H,28,29)/t11?,12-,14-,15+,16-,17-,19+/m1/s1. The Bertz CT molecular complexity index is 666. The van der Waals surface area contributed by atoms with Crippen molar-refractivity contribution in [3.8, 4) is 0 Å². The van der Waals surface area contributed by atoms with Crippen molar-refractivity contribution in [3.63, 3.8) is 0 Å². The van der Waals surface area contributed by atoms with Crippen LogP contribution in [0.2, 0.25) is 0 Å². The van der Waals surface area contributed by atoms with Gasteiger partial charge in [0.15, 0.2) is 0 Å². The van der Waals surface area contributed by atoms with E-state index >= 15 is 0 Å². The van der Waals surface area contributed by atoms with Gasteiger partial charge >= 0.3 is 5.97 Å². The first kappa shape index (κ1) is 28.3. The summed E-state index contributed by atoms with van der Waals surface area (Å²) in [6, 6.07) is -1.35. The molecule has 0 bridgehead atoms. The van der Waals surface area contributed by atoms with Gasteiger partial charge in [0.2, 0.25) is 11.8 Å². The fourth-order valence-electron chi connectivity index (χ4n) is 3.46. The lowest BCUT2D eigenvalue weighted by atomic mass is 9.78. The fourth-order valence-corrected chi connectivity index (χ4v) is 4.28. The molecule has 1 aliphatic heterocycles. The number of amides is 2. The van der Waals surface area contributed by atoms with Crippen LogP contribution in [0.3, 0.4) is 0 Å². The molecule has 0 aromatic heterocycles. The highest BCUT2D eigenvalue weighted by atomic mass is 32.2. The van der Waals surface area contributed by atoms with Crippen molar-refractivity contribution < 1.29 is 49.8 Å². The van der Waals surface area contributed by atoms with E-state index in [1.54, 1.807) is 0 Å². The van der Waals surface area contributed by atoms with Gasteiger partial charge in [-0.15, -0.1) is 0 Å². The van der Waals surface area contributed by atoms with Crippen molar-refractivity contribution >= 4 is 29.5 Å². The number of carboxylic acids is 1. The first-order chi connectivity index (χ1) is 15.0. The Morgan fingerprint density at radius 2 is 1.94 bits per heavy atom. The molecule has 0 radical (unpaired) electrons. The molecule has 1 unspecified atom stereocenters. The van der Waals surface area contributed by atoms with Crippen LogP contribution in [0.15, 0.2) is 12.7 Å². The summed E-state index contributed by atoms with van der Waals surface area (Å²) in [6.07, 6.45) is -5.52. The Hall–Kier alpha value is -1.74. The molecule has 7 atom stereocenters. The van der Waals surface area contributed by atoms with Crippen LogP contribution in [0, 0.1) is 5.92 Å². The van der Waals surface area contributed by atoms with Crippen molar-refractivity contribution in [2.75, 3.05) is 24.7 Å². The minimum absolute atomic E-state index is 0.00254. The van der Waals surface area contributed by atoms with Crippen molar-refractivity contribution in [1.82, 2.24) is 10.6 Å². The fraction of sp³-hybridized carbons (Fsp3) is 0.737. The second-order valence-electron chi connectivity index (χ2n) is 7.40. The summed E-state index contributed by atoms with van der Waals surface area (Å²) >= 11 is 1.46. The average molecular weight is 481 g/mol. The highest BCUT2D eigenvalue weighted by molar-refractivity contribution is 7.99. The number of rotatable bonds is 13. The quantitative estimate of drug-likeness (QED) is 0.0996. The second-order valence-corrected chi connectivity index (χ2v) is 8.62. The second kappa shape index (κ2) is 13.1. The number of nitrogens with one attached hydrogen (secondary N) is 2. The minimum atomic E-state index is -2.90. The zero-order valence-corrected chi connectivity index (χ0v) is 18.5. The topological polar surface area (TPSA) is 206 Å². The van der Waals surface area contributed by atoms with E-state index in [0.29, 0.717) is 24.5 Å². The van der Waals surface area contributed by atoms with Gasteiger partial charge in [0.1, 0.15) is 18.3 Å². The molecule has 1 heterocycles. The van der Waals surface area contributed by atoms with Gasteiger partial charge in [-0.2, -0.15) is 11.8 Å². The zero-order valence-electron chi connectivity index (χ0n) is 17.7. The largest absolute Gasteiger partial charge is 0.477 e. The van der Waals surface area contributed by atoms with Gasteiger partial charge in [0.25, 0.3) is 5.79 Å². The van der Waals surface area contributed by atoms with Crippen molar-refractivity contribution in [1.29, 1.82) is 0 Å². The van der Waals surface area contributed by atoms with Gasteiger partial charge in [-0.3, -0.25) is 9.59 Å². The monoisotopic (exact) mass is 480 g/mol. The van der Waals surface area contributed by atoms with E-state index in [2.05, 4.69) is 17.2 Å². The van der Waals surface area contributed by atoms with Crippen LogP contribution < -0.4 is 10.6 Å². The van der Waals surface area contributed by atoms with Gasteiger partial charge in [0, 0.05) is 19.2 Å². The van der Waals surface area contributed by atoms with Gasteiger partial charge in [-0.05, 0) is 24.7 Å². The summed E-state index contributed by atoms with van der Waals surface area (Å²) in [4.78, 5) is 34.5. The maximum Gasteiger partial charge on any atom is 0.364 e. The summed E-state index contributed by atoms with van der Waals surface area (Å²) in [5, 5.41) is 65.2. The molecule has 184 valence electrons. The maximum atomic E-state index is 11.8. The Balaban J connectivity index is 2.90. The summed E-state index contributed by atoms with van der Waals surface area (Å²) < 4.78 is 5.25. The van der Waals surface area contributed by atoms with E-state index in [9.17, 15) is 39.9 Å². The Kier molecular flexibility index (Phi) is 11.6. The van der Waals surface area contributed by atoms with Crippen LogP contribution in [0.4, 0.5) is 0 Å². The Morgan fingerprint density at radius 3 is 2.47 bits per heavy atom. The lowest BCUT2D eigenvalue weighted by molar-refractivity contribution is -0.321. The molecule has 0 spiro atoms. The number of carbonyl (C=O) groups is 3. The molecule has 1 fully saturated rings. The number of hydrogen-bond donors (Lipinski definition) is 8. The van der Waals surface area contributed by atoms with Crippen LogP contribution in [-0.2, 0) is 19.1 Å². The molecule has 0 aromatic carbocycles. The molecule has 13 heteroatoms. The number of aliphatic hydroxyl groups excluding tert-OH is 4. The minimum Gasteiger partial charge on any atom is -0.477 e. The highest BCUT2D eigenvalue weighted by Gasteiger charge is 2.59. The van der Waals surface area contributed by atoms with Crippen molar-refractivity contribution in [2.45, 2.75) is 56.0 Å². The molecule has 0 aliphatic carbocycles. The van der Waals surface area contributed by atoms with Gasteiger partial charge < -0.3 is 46.0 Å². The highest BCUT2D eigenvalue weighted by Crippen LogP contribution is 2.38. The van der Waals surface area contributed by atoms with E-state index in [0.717, 1.165) is 13.0 Å². The number of carboxylic acid groups (broad SMARTS) is 1. The number of thioether (sulfide) groups is 1. The number of ether oxygens (including phenoxy) is 1. The van der Waals surface area contributed by atoms with Crippen LogP contribution in [-0.4, -0.2) is 109 Å². The third-order valence-electron chi connectivity index (χ3n) is 5.08. The van der Waals surface area contributed by atoms with Crippen molar-refractivity contribution in [2.24, 2.45) is 5.92 Å². The lowest BCUT2D eigenvalue weighted by Gasteiger charge is -2.49. The summed E-state index contributed by atoms with van der Waals surface area (Å²) in [5.74, 6) is -5.91. The summed E-state index contributed by atoms with van der Waals surface area (Å²) in [7, 11) is 0. The maximum absolute atomic E-state index is 11.8. The number of carbonyl (C=O) groups excluding carboxylic acids is 2. The van der Waals surface area contributed by atoms with Gasteiger partial charge in [-0.25, -0.2) is 4.79 Å². The first-order valence-electron chi connectivity index (χ1n) is 10.0. The molecule has 2 amide bonds. The predicted octanol–water partition coefficient (Wildman–Crippen LogP) is -2.83. The molecule has 8 N–H and O–H groups in total. The Morgan fingerprint density at radius 1 is 1.28 bits per heavy atom. The average Bonchev–Trinajstić information content (AvgIpc) is 2.74. The lowest BCUT2D eigenvalue weighted by Crippen LogP contribution is -2.71. The molecule has 1 aliphatic rings. The van der Waals surface area contributed by atoms with Crippen LogP contribution in [0.5, 0.6) is 0 Å². The van der Waals surface area contributed by atoms with E-state index in [1.807, 2.05) is 0 Å². The third-order valence-corrected chi connectivity index (χ3v) is 6.15.